The molecule has 0 N–H and O–H groups in total. The van der Waals surface area contributed by atoms with E-state index in [1.165, 1.54) is 11.3 Å². The molecule has 23 heavy (non-hydrogen) atoms. The highest BCUT2D eigenvalue weighted by Gasteiger charge is 2.10. The van der Waals surface area contributed by atoms with Crippen LogP contribution in [0.15, 0.2) is 60.1 Å². The summed E-state index contributed by atoms with van der Waals surface area (Å²) in [7, 11) is 0. The lowest BCUT2D eigenvalue weighted by molar-refractivity contribution is 0.0998. The van der Waals surface area contributed by atoms with Gasteiger partial charge in [-0.05, 0) is 31.2 Å². The van der Waals surface area contributed by atoms with Crippen molar-refractivity contribution in [2.24, 2.45) is 4.99 Å². The summed E-state index contributed by atoms with van der Waals surface area (Å²) < 4.78 is 2.91. The molecule has 0 saturated heterocycles. The smallest absolute Gasteiger partial charge is 0.279 e. The number of thiazole rings is 1. The van der Waals surface area contributed by atoms with Crippen molar-refractivity contribution in [2.45, 2.75) is 13.5 Å². The number of para-hydroxylation sites is 1. The summed E-state index contributed by atoms with van der Waals surface area (Å²) in [6, 6.07) is 13.1. The molecule has 0 aliphatic heterocycles. The summed E-state index contributed by atoms with van der Waals surface area (Å²) in [5.74, 6) is -0.259. The summed E-state index contributed by atoms with van der Waals surface area (Å²) in [6.07, 6.45) is 1.77. The van der Waals surface area contributed by atoms with Gasteiger partial charge in [-0.25, -0.2) is 0 Å². The van der Waals surface area contributed by atoms with Crippen LogP contribution in [0.3, 0.4) is 0 Å². The normalized spacial score (nSPS) is 11.8. The lowest BCUT2D eigenvalue weighted by Crippen LogP contribution is -2.16. The van der Waals surface area contributed by atoms with Gasteiger partial charge in [-0.15, -0.1) is 6.58 Å². The van der Waals surface area contributed by atoms with Crippen LogP contribution in [-0.2, 0) is 6.54 Å². The molecule has 3 nitrogen and oxygen atoms in total. The molecule has 0 unspecified atom stereocenters. The van der Waals surface area contributed by atoms with E-state index in [9.17, 15) is 4.79 Å². The van der Waals surface area contributed by atoms with Gasteiger partial charge in [-0.2, -0.15) is 4.99 Å². The topological polar surface area (TPSA) is 34.4 Å². The number of aryl methyl sites for hydroxylation is 1. The molecule has 0 saturated carbocycles. The summed E-state index contributed by atoms with van der Waals surface area (Å²) in [5.41, 5.74) is 2.57. The van der Waals surface area contributed by atoms with Gasteiger partial charge in [0.15, 0.2) is 4.80 Å². The average Bonchev–Trinajstić information content (AvgIpc) is 2.87. The Kier molecular flexibility index (Phi) is 4.46. The molecule has 1 aromatic heterocycles. The SMILES string of the molecule is C=CCn1c(=NC(=O)c2ccc(C)cc2)sc2cccc(Cl)c21. The maximum absolute atomic E-state index is 12.4. The van der Waals surface area contributed by atoms with E-state index in [0.717, 1.165) is 15.8 Å². The Hall–Kier alpha value is -2.17. The van der Waals surface area contributed by atoms with Gasteiger partial charge in [0.2, 0.25) is 0 Å². The van der Waals surface area contributed by atoms with Crippen LogP contribution in [-0.4, -0.2) is 10.5 Å². The van der Waals surface area contributed by atoms with Crippen molar-refractivity contribution in [2.75, 3.05) is 0 Å². The Labute approximate surface area is 143 Å². The summed E-state index contributed by atoms with van der Waals surface area (Å²) >= 11 is 7.75. The first-order valence-corrected chi connectivity index (χ1v) is 8.34. The van der Waals surface area contributed by atoms with Crippen LogP contribution in [0.1, 0.15) is 15.9 Å². The minimum atomic E-state index is -0.259. The minimum absolute atomic E-state index is 0.259. The molecule has 1 heterocycles. The van der Waals surface area contributed by atoms with Crippen molar-refractivity contribution in [3.8, 4) is 0 Å². The fraction of sp³-hybridized carbons (Fsp3) is 0.111. The van der Waals surface area contributed by atoms with Crippen LogP contribution in [0.5, 0.6) is 0 Å². The largest absolute Gasteiger partial charge is 0.311 e. The molecule has 5 heteroatoms. The van der Waals surface area contributed by atoms with Gasteiger partial charge in [0.05, 0.1) is 15.2 Å². The van der Waals surface area contributed by atoms with Crippen LogP contribution in [0, 0.1) is 6.92 Å². The van der Waals surface area contributed by atoms with Gasteiger partial charge in [0.1, 0.15) is 0 Å². The van der Waals surface area contributed by atoms with E-state index >= 15 is 0 Å². The molecule has 0 aliphatic carbocycles. The fourth-order valence-corrected chi connectivity index (χ4v) is 3.72. The summed E-state index contributed by atoms with van der Waals surface area (Å²) in [6.45, 7) is 6.30. The van der Waals surface area contributed by atoms with Gasteiger partial charge in [-0.3, -0.25) is 4.79 Å². The molecule has 0 radical (unpaired) electrons. The van der Waals surface area contributed by atoms with Crippen LogP contribution >= 0.6 is 22.9 Å². The number of nitrogens with zero attached hydrogens (tertiary/aromatic N) is 2. The molecule has 3 aromatic rings. The molecule has 1 amide bonds. The Morgan fingerprint density at radius 1 is 1.30 bits per heavy atom. The molecule has 2 aromatic carbocycles. The van der Waals surface area contributed by atoms with Gasteiger partial charge in [-0.1, -0.05) is 52.8 Å². The van der Waals surface area contributed by atoms with E-state index in [1.807, 2.05) is 41.8 Å². The number of carbonyl (C=O) groups excluding carboxylic acids is 1. The van der Waals surface area contributed by atoms with Gasteiger partial charge in [0, 0.05) is 12.1 Å². The number of benzene rings is 2. The third-order valence-corrected chi connectivity index (χ3v) is 4.81. The number of hydrogen-bond donors (Lipinski definition) is 0. The number of amides is 1. The predicted octanol–water partition coefficient (Wildman–Crippen LogP) is 4.59. The zero-order chi connectivity index (χ0) is 16.4. The maximum atomic E-state index is 12.4. The molecule has 0 aliphatic rings. The van der Waals surface area contributed by atoms with Crippen molar-refractivity contribution in [1.29, 1.82) is 0 Å². The maximum Gasteiger partial charge on any atom is 0.279 e. The molecular formula is C18H15ClN2OS. The van der Waals surface area contributed by atoms with Crippen molar-refractivity contribution in [3.63, 3.8) is 0 Å². The Morgan fingerprint density at radius 2 is 2.04 bits per heavy atom. The lowest BCUT2D eigenvalue weighted by atomic mass is 10.1. The first-order valence-electron chi connectivity index (χ1n) is 7.14. The molecule has 116 valence electrons. The second-order valence-electron chi connectivity index (χ2n) is 5.15. The van der Waals surface area contributed by atoms with Crippen LogP contribution in [0.4, 0.5) is 0 Å². The van der Waals surface area contributed by atoms with E-state index in [-0.39, 0.29) is 5.91 Å². The number of rotatable bonds is 3. The van der Waals surface area contributed by atoms with Crippen LogP contribution in [0.2, 0.25) is 5.02 Å². The molecule has 3 rings (SSSR count). The van der Waals surface area contributed by atoms with Crippen LogP contribution in [0.25, 0.3) is 10.2 Å². The number of hydrogen-bond acceptors (Lipinski definition) is 2. The standard InChI is InChI=1S/C18H15ClN2OS/c1-3-11-21-16-14(19)5-4-6-15(16)23-18(21)20-17(22)13-9-7-12(2)8-10-13/h3-10H,1,11H2,2H3. The van der Waals surface area contributed by atoms with Crippen molar-refractivity contribution >= 4 is 39.1 Å². The van der Waals surface area contributed by atoms with Crippen molar-refractivity contribution in [3.05, 3.63) is 76.1 Å². The highest BCUT2D eigenvalue weighted by Crippen LogP contribution is 2.25. The average molecular weight is 343 g/mol. The van der Waals surface area contributed by atoms with E-state index in [2.05, 4.69) is 11.6 Å². The van der Waals surface area contributed by atoms with Gasteiger partial charge >= 0.3 is 0 Å². The zero-order valence-corrected chi connectivity index (χ0v) is 14.2. The lowest BCUT2D eigenvalue weighted by Gasteiger charge is -2.02. The number of aromatic nitrogens is 1. The Bertz CT molecular complexity index is 951. The second kappa shape index (κ2) is 6.52. The van der Waals surface area contributed by atoms with Crippen LogP contribution < -0.4 is 4.80 Å². The van der Waals surface area contributed by atoms with E-state index in [0.29, 0.717) is 21.9 Å². The van der Waals surface area contributed by atoms with E-state index < -0.39 is 0 Å². The molecule has 0 atom stereocenters. The van der Waals surface area contributed by atoms with Gasteiger partial charge < -0.3 is 4.57 Å². The minimum Gasteiger partial charge on any atom is -0.311 e. The van der Waals surface area contributed by atoms with Gasteiger partial charge in [0.25, 0.3) is 5.91 Å². The van der Waals surface area contributed by atoms with E-state index in [1.54, 1.807) is 18.2 Å². The third-order valence-electron chi connectivity index (χ3n) is 3.46. The highest BCUT2D eigenvalue weighted by atomic mass is 35.5. The number of fused-ring (bicyclic) bond motifs is 1. The molecule has 0 bridgehead atoms. The predicted molar refractivity (Wildman–Crippen MR) is 96.1 cm³/mol. The summed E-state index contributed by atoms with van der Waals surface area (Å²) in [5, 5.41) is 0.643. The summed E-state index contributed by atoms with van der Waals surface area (Å²) in [4.78, 5) is 17.3. The monoisotopic (exact) mass is 342 g/mol. The first-order chi connectivity index (χ1) is 11.1. The number of carbonyl (C=O) groups is 1. The van der Waals surface area contributed by atoms with Crippen molar-refractivity contribution < 1.29 is 4.79 Å². The first kappa shape index (κ1) is 15.7. The molecule has 0 fully saturated rings. The number of halogens is 1. The second-order valence-corrected chi connectivity index (χ2v) is 6.57. The number of allylic oxidation sites excluding steroid dienone is 1. The molecule has 0 spiro atoms. The zero-order valence-electron chi connectivity index (χ0n) is 12.6. The third kappa shape index (κ3) is 3.14. The fourth-order valence-electron chi connectivity index (χ4n) is 2.32. The molecular weight excluding hydrogens is 328 g/mol. The Morgan fingerprint density at radius 3 is 2.74 bits per heavy atom. The highest BCUT2D eigenvalue weighted by molar-refractivity contribution is 7.16. The van der Waals surface area contributed by atoms with Crippen molar-refractivity contribution in [1.82, 2.24) is 4.57 Å². The Balaban J connectivity index is 2.16. The van der Waals surface area contributed by atoms with E-state index in [4.69, 9.17) is 11.6 Å². The quantitative estimate of drug-likeness (QED) is 0.641.